The molecule has 1 fully saturated rings. The second kappa shape index (κ2) is 8.33. The number of hydrogen-bond donors (Lipinski definition) is 1. The van der Waals surface area contributed by atoms with Gasteiger partial charge in [-0.3, -0.25) is 0 Å². The Hall–Kier alpha value is -2.89. The third kappa shape index (κ3) is 4.89. The van der Waals surface area contributed by atoms with Crippen LogP contribution in [0.5, 0.6) is 0 Å². The van der Waals surface area contributed by atoms with Crippen molar-refractivity contribution in [2.45, 2.75) is 45.4 Å². The van der Waals surface area contributed by atoms with Crippen molar-refractivity contribution in [3.05, 3.63) is 89.7 Å². The van der Waals surface area contributed by atoms with Crippen LogP contribution in [0.4, 0.5) is 5.69 Å². The number of nitrogen functional groups attached to an aromatic ring is 1. The largest absolute Gasteiger partial charge is 0.494 e. The Morgan fingerprint density at radius 2 is 1.29 bits per heavy atom. The number of aromatic nitrogens is 1. The van der Waals surface area contributed by atoms with Crippen LogP contribution in [0.1, 0.15) is 44.4 Å². The molecular formula is C26H30BN2O2+. The molecular weight excluding hydrogens is 383 g/mol. The van der Waals surface area contributed by atoms with E-state index in [1.807, 2.05) is 24.3 Å². The summed E-state index contributed by atoms with van der Waals surface area (Å²) < 4.78 is 14.5. The van der Waals surface area contributed by atoms with Gasteiger partial charge in [0.25, 0.3) is 0 Å². The van der Waals surface area contributed by atoms with Crippen molar-refractivity contribution in [2.24, 2.45) is 0 Å². The fourth-order valence-electron chi connectivity index (χ4n) is 3.46. The second-order valence-electron chi connectivity index (χ2n) is 9.13. The summed E-state index contributed by atoms with van der Waals surface area (Å²) in [5.41, 5.74) is 10.4. The van der Waals surface area contributed by atoms with Gasteiger partial charge in [0.05, 0.1) is 11.2 Å². The van der Waals surface area contributed by atoms with Gasteiger partial charge in [-0.2, -0.15) is 0 Å². The quantitative estimate of drug-likeness (QED) is 0.390. The lowest BCUT2D eigenvalue weighted by Crippen LogP contribution is -2.41. The monoisotopic (exact) mass is 413 g/mol. The summed E-state index contributed by atoms with van der Waals surface area (Å²) in [6, 6.07) is 20.6. The van der Waals surface area contributed by atoms with Gasteiger partial charge in [0.2, 0.25) is 0 Å². The van der Waals surface area contributed by atoms with Crippen LogP contribution in [0.2, 0.25) is 0 Å². The Kier molecular flexibility index (Phi) is 5.74. The van der Waals surface area contributed by atoms with E-state index in [4.69, 9.17) is 15.0 Å². The van der Waals surface area contributed by atoms with E-state index in [9.17, 15) is 0 Å². The van der Waals surface area contributed by atoms with E-state index in [0.29, 0.717) is 0 Å². The lowest BCUT2D eigenvalue weighted by atomic mass is 9.79. The van der Waals surface area contributed by atoms with Crippen LogP contribution in [0.25, 0.3) is 12.2 Å². The minimum Gasteiger partial charge on any atom is -0.399 e. The van der Waals surface area contributed by atoms with Crippen LogP contribution >= 0.6 is 0 Å². The van der Waals surface area contributed by atoms with Gasteiger partial charge in [-0.25, -0.2) is 4.57 Å². The van der Waals surface area contributed by atoms with E-state index >= 15 is 0 Å². The summed E-state index contributed by atoms with van der Waals surface area (Å²) in [4.78, 5) is 0. The van der Waals surface area contributed by atoms with Crippen LogP contribution in [0.3, 0.4) is 0 Å². The van der Waals surface area contributed by atoms with Gasteiger partial charge in [-0.05, 0) is 56.4 Å². The Labute approximate surface area is 185 Å². The van der Waals surface area contributed by atoms with Gasteiger partial charge >= 0.3 is 7.12 Å². The van der Waals surface area contributed by atoms with Gasteiger partial charge < -0.3 is 15.0 Å². The maximum absolute atomic E-state index is 6.14. The van der Waals surface area contributed by atoms with Gasteiger partial charge in [-0.1, -0.05) is 48.6 Å². The smallest absolute Gasteiger partial charge is 0.399 e. The van der Waals surface area contributed by atoms with E-state index in [-0.39, 0.29) is 18.3 Å². The molecule has 31 heavy (non-hydrogen) atoms. The van der Waals surface area contributed by atoms with Crippen molar-refractivity contribution in [2.75, 3.05) is 5.73 Å². The van der Waals surface area contributed by atoms with Crippen LogP contribution in [-0.4, -0.2) is 18.3 Å². The first-order valence-electron chi connectivity index (χ1n) is 10.7. The van der Waals surface area contributed by atoms with Gasteiger partial charge in [0, 0.05) is 23.4 Å². The summed E-state index contributed by atoms with van der Waals surface area (Å²) in [5.74, 6) is 0. The highest BCUT2D eigenvalue weighted by Crippen LogP contribution is 2.36. The molecule has 4 nitrogen and oxygen atoms in total. The molecule has 3 aromatic rings. The zero-order valence-corrected chi connectivity index (χ0v) is 18.7. The molecule has 2 aromatic carbocycles. The zero-order valence-electron chi connectivity index (χ0n) is 18.7. The number of nitrogens with zero attached hydrogens (tertiary/aromatic N) is 1. The predicted molar refractivity (Wildman–Crippen MR) is 128 cm³/mol. The van der Waals surface area contributed by atoms with Gasteiger partial charge in [-0.15, -0.1) is 0 Å². The van der Waals surface area contributed by atoms with E-state index in [1.165, 1.54) is 5.56 Å². The number of anilines is 1. The molecule has 2 N–H and O–H groups in total. The van der Waals surface area contributed by atoms with E-state index in [2.05, 4.69) is 93.2 Å². The van der Waals surface area contributed by atoms with Crippen LogP contribution in [0, 0.1) is 0 Å². The zero-order chi connectivity index (χ0) is 22.1. The van der Waals surface area contributed by atoms with Crippen molar-refractivity contribution in [3.63, 3.8) is 0 Å². The Morgan fingerprint density at radius 1 is 0.774 bits per heavy atom. The molecule has 0 saturated carbocycles. The van der Waals surface area contributed by atoms with Crippen molar-refractivity contribution in [1.82, 2.24) is 0 Å². The molecule has 5 heteroatoms. The fourth-order valence-corrected chi connectivity index (χ4v) is 3.46. The predicted octanol–water partition coefficient (Wildman–Crippen LogP) is 4.07. The summed E-state index contributed by atoms with van der Waals surface area (Å²) >= 11 is 0. The van der Waals surface area contributed by atoms with Gasteiger partial charge in [0.15, 0.2) is 18.9 Å². The lowest BCUT2D eigenvalue weighted by Gasteiger charge is -2.32. The molecule has 4 rings (SSSR count). The molecule has 0 radical (unpaired) electrons. The Morgan fingerprint density at radius 3 is 1.84 bits per heavy atom. The molecule has 0 bridgehead atoms. The highest BCUT2D eigenvalue weighted by Gasteiger charge is 2.51. The molecule has 1 aromatic heterocycles. The average Bonchev–Trinajstić information content (AvgIpc) is 2.96. The summed E-state index contributed by atoms with van der Waals surface area (Å²) in [5, 5.41) is 0. The number of nitrogens with two attached hydrogens (primary N) is 1. The van der Waals surface area contributed by atoms with Crippen LogP contribution < -0.4 is 15.8 Å². The molecule has 1 saturated heterocycles. The fraction of sp³-hybridized carbons (Fsp3) is 0.269. The Balaban J connectivity index is 1.38. The maximum atomic E-state index is 6.14. The van der Waals surface area contributed by atoms with E-state index in [0.717, 1.165) is 28.8 Å². The third-order valence-electron chi connectivity index (χ3n) is 6.19. The molecule has 0 atom stereocenters. The summed E-state index contributed by atoms with van der Waals surface area (Å²) in [7, 11) is -0.321. The Bertz CT molecular complexity index is 1040. The molecule has 0 aliphatic carbocycles. The molecule has 0 spiro atoms. The molecule has 1 aliphatic heterocycles. The summed E-state index contributed by atoms with van der Waals surface area (Å²) in [6.45, 7) is 9.12. The standard InChI is InChI=1S/C26H29BN2O2/c1-25(2)26(3,4)31-27(30-25)23-11-7-22(8-12-23)19-29-17-15-21(16-18-29)6-5-20-9-13-24(28)14-10-20/h5-18,28H,19H2,1-4H3/p+1. The van der Waals surface area contributed by atoms with Crippen LogP contribution in [-0.2, 0) is 15.9 Å². The highest BCUT2D eigenvalue weighted by molar-refractivity contribution is 6.62. The minimum absolute atomic E-state index is 0.321. The first kappa shape index (κ1) is 21.4. The lowest BCUT2D eigenvalue weighted by molar-refractivity contribution is -0.688. The van der Waals surface area contributed by atoms with Crippen LogP contribution in [0.15, 0.2) is 73.1 Å². The normalized spacial score (nSPS) is 17.4. The molecule has 2 heterocycles. The molecule has 0 unspecified atom stereocenters. The van der Waals surface area contributed by atoms with E-state index in [1.54, 1.807) is 0 Å². The number of rotatable bonds is 5. The maximum Gasteiger partial charge on any atom is 0.494 e. The average molecular weight is 413 g/mol. The molecule has 1 aliphatic rings. The third-order valence-corrected chi connectivity index (χ3v) is 6.19. The van der Waals surface area contributed by atoms with E-state index < -0.39 is 0 Å². The first-order valence-corrected chi connectivity index (χ1v) is 10.7. The van der Waals surface area contributed by atoms with Crippen molar-refractivity contribution < 1.29 is 13.9 Å². The minimum atomic E-state index is -0.323. The van der Waals surface area contributed by atoms with Crippen molar-refractivity contribution in [3.8, 4) is 0 Å². The van der Waals surface area contributed by atoms with Crippen molar-refractivity contribution >= 4 is 30.4 Å². The topological polar surface area (TPSA) is 48.4 Å². The number of pyridine rings is 1. The number of hydrogen-bond acceptors (Lipinski definition) is 3. The van der Waals surface area contributed by atoms with Gasteiger partial charge in [0.1, 0.15) is 0 Å². The second-order valence-corrected chi connectivity index (χ2v) is 9.13. The summed E-state index contributed by atoms with van der Waals surface area (Å²) in [6.07, 6.45) is 8.40. The molecule has 0 amide bonds. The molecule has 158 valence electrons. The SMILES string of the molecule is CC1(C)OB(c2ccc(C[n+]3ccc(C=Cc4ccc(N)cc4)cc3)cc2)OC1(C)C. The number of benzene rings is 2. The van der Waals surface area contributed by atoms with Crippen molar-refractivity contribution in [1.29, 1.82) is 0 Å². The highest BCUT2D eigenvalue weighted by atomic mass is 16.7. The first-order chi connectivity index (χ1) is 14.7.